The second-order valence-corrected chi connectivity index (χ2v) is 7.10. The number of nitrogens with zero attached hydrogens (tertiary/aromatic N) is 3. The first-order valence-electron chi connectivity index (χ1n) is 9.84. The molecular formula is C22H24F3N3O2. The van der Waals surface area contributed by atoms with Gasteiger partial charge >= 0.3 is 6.18 Å². The van der Waals surface area contributed by atoms with Crippen molar-refractivity contribution in [1.82, 2.24) is 9.80 Å². The highest BCUT2D eigenvalue weighted by molar-refractivity contribution is 5.94. The Balaban J connectivity index is 1.55. The minimum Gasteiger partial charge on any atom is -0.362 e. The molecule has 1 saturated heterocycles. The van der Waals surface area contributed by atoms with Crippen molar-refractivity contribution >= 4 is 17.5 Å². The van der Waals surface area contributed by atoms with Crippen LogP contribution in [0.1, 0.15) is 22.8 Å². The van der Waals surface area contributed by atoms with Crippen LogP contribution in [0.3, 0.4) is 0 Å². The zero-order valence-corrected chi connectivity index (χ0v) is 16.7. The third-order valence-corrected chi connectivity index (χ3v) is 5.21. The number of benzene rings is 2. The van der Waals surface area contributed by atoms with Gasteiger partial charge in [-0.05, 0) is 43.3 Å². The third-order valence-electron chi connectivity index (χ3n) is 5.21. The molecule has 0 spiro atoms. The number of halogens is 3. The van der Waals surface area contributed by atoms with Crippen molar-refractivity contribution in [3.63, 3.8) is 0 Å². The van der Waals surface area contributed by atoms with Crippen LogP contribution in [0.2, 0.25) is 0 Å². The number of carbonyl (C=O) groups excluding carboxylic acids is 2. The fourth-order valence-electron chi connectivity index (χ4n) is 3.43. The number of carbonyl (C=O) groups is 2. The van der Waals surface area contributed by atoms with Crippen molar-refractivity contribution in [3.8, 4) is 0 Å². The van der Waals surface area contributed by atoms with Gasteiger partial charge < -0.3 is 14.7 Å². The van der Waals surface area contributed by atoms with Gasteiger partial charge in [0.2, 0.25) is 5.91 Å². The zero-order chi connectivity index (χ0) is 21.7. The molecule has 2 amide bonds. The van der Waals surface area contributed by atoms with Crippen LogP contribution in [-0.2, 0) is 11.0 Å². The summed E-state index contributed by atoms with van der Waals surface area (Å²) in [6, 6.07) is 13.9. The molecule has 0 bridgehead atoms. The van der Waals surface area contributed by atoms with Gasteiger partial charge in [0, 0.05) is 44.0 Å². The van der Waals surface area contributed by atoms with E-state index in [9.17, 15) is 22.8 Å². The number of amides is 2. The minimum atomic E-state index is -4.43. The van der Waals surface area contributed by atoms with Crippen molar-refractivity contribution in [2.45, 2.75) is 13.1 Å². The maximum atomic E-state index is 12.7. The van der Waals surface area contributed by atoms with Crippen LogP contribution in [0.4, 0.5) is 18.9 Å². The first-order chi connectivity index (χ1) is 14.3. The van der Waals surface area contributed by atoms with Gasteiger partial charge in [0.05, 0.1) is 12.1 Å². The number of hydrogen-bond donors (Lipinski definition) is 0. The second kappa shape index (κ2) is 9.19. The van der Waals surface area contributed by atoms with Crippen LogP contribution in [0.5, 0.6) is 0 Å². The first kappa shape index (κ1) is 21.7. The molecule has 1 heterocycles. The SMILES string of the molecule is CCN(CC(=O)N1CCN(C(=O)c2ccc(C(F)(F)F)cc2)CC1)c1ccccc1. The van der Waals surface area contributed by atoms with Gasteiger partial charge in [-0.15, -0.1) is 0 Å². The Hall–Kier alpha value is -3.03. The van der Waals surface area contributed by atoms with Crippen LogP contribution >= 0.6 is 0 Å². The van der Waals surface area contributed by atoms with E-state index in [0.29, 0.717) is 32.7 Å². The number of likely N-dealkylation sites (N-methyl/N-ethyl adjacent to an activating group) is 1. The summed E-state index contributed by atoms with van der Waals surface area (Å²) in [4.78, 5) is 30.6. The lowest BCUT2D eigenvalue weighted by Crippen LogP contribution is -2.52. The van der Waals surface area contributed by atoms with Crippen LogP contribution in [-0.4, -0.2) is 60.9 Å². The fourth-order valence-corrected chi connectivity index (χ4v) is 3.43. The Morgan fingerprint density at radius 3 is 2.00 bits per heavy atom. The number of rotatable bonds is 5. The summed E-state index contributed by atoms with van der Waals surface area (Å²) in [5.41, 5.74) is 0.404. The molecule has 0 atom stereocenters. The predicted octanol–water partition coefficient (Wildman–Crippen LogP) is 3.52. The van der Waals surface area contributed by atoms with E-state index in [1.807, 2.05) is 42.2 Å². The molecule has 0 N–H and O–H groups in total. The maximum absolute atomic E-state index is 12.7. The van der Waals surface area contributed by atoms with Gasteiger partial charge in [-0.1, -0.05) is 18.2 Å². The highest BCUT2D eigenvalue weighted by Gasteiger charge is 2.31. The molecular weight excluding hydrogens is 395 g/mol. The maximum Gasteiger partial charge on any atom is 0.416 e. The normalized spacial score (nSPS) is 14.5. The van der Waals surface area contributed by atoms with E-state index >= 15 is 0 Å². The standard InChI is InChI=1S/C22H24F3N3O2/c1-2-26(19-6-4-3-5-7-19)16-20(29)27-12-14-28(15-13-27)21(30)17-8-10-18(11-9-17)22(23,24)25/h3-11H,2,12-16H2,1H3. The van der Waals surface area contributed by atoms with Gasteiger partial charge in [0.25, 0.3) is 5.91 Å². The molecule has 0 aliphatic carbocycles. The summed E-state index contributed by atoms with van der Waals surface area (Å²) in [7, 11) is 0. The van der Waals surface area contributed by atoms with Crippen LogP contribution in [0.15, 0.2) is 54.6 Å². The van der Waals surface area contributed by atoms with Crippen LogP contribution < -0.4 is 4.90 Å². The van der Waals surface area contributed by atoms with Gasteiger partial charge in [-0.25, -0.2) is 0 Å². The average Bonchev–Trinajstić information content (AvgIpc) is 2.77. The topological polar surface area (TPSA) is 43.9 Å². The Kier molecular flexibility index (Phi) is 6.64. The van der Waals surface area contributed by atoms with Crippen molar-refractivity contribution in [3.05, 3.63) is 65.7 Å². The second-order valence-electron chi connectivity index (χ2n) is 7.10. The summed E-state index contributed by atoms with van der Waals surface area (Å²) >= 11 is 0. The van der Waals surface area contributed by atoms with E-state index in [0.717, 1.165) is 17.8 Å². The Bertz CT molecular complexity index is 861. The molecule has 30 heavy (non-hydrogen) atoms. The van der Waals surface area contributed by atoms with E-state index in [2.05, 4.69) is 0 Å². The van der Waals surface area contributed by atoms with Crippen molar-refractivity contribution in [2.75, 3.05) is 44.2 Å². The van der Waals surface area contributed by atoms with Crippen molar-refractivity contribution in [1.29, 1.82) is 0 Å². The summed E-state index contributed by atoms with van der Waals surface area (Å²) in [5.74, 6) is -0.336. The zero-order valence-electron chi connectivity index (χ0n) is 16.7. The van der Waals surface area contributed by atoms with Crippen LogP contribution in [0.25, 0.3) is 0 Å². The number of piperazine rings is 1. The van der Waals surface area contributed by atoms with Gasteiger partial charge in [0.15, 0.2) is 0 Å². The lowest BCUT2D eigenvalue weighted by atomic mass is 10.1. The Labute approximate surface area is 173 Å². The molecule has 0 saturated carbocycles. The molecule has 0 aromatic heterocycles. The monoisotopic (exact) mass is 419 g/mol. The molecule has 0 radical (unpaired) electrons. The van der Waals surface area contributed by atoms with Crippen molar-refractivity contribution in [2.24, 2.45) is 0 Å². The Morgan fingerprint density at radius 1 is 0.900 bits per heavy atom. The lowest BCUT2D eigenvalue weighted by Gasteiger charge is -2.36. The minimum absolute atomic E-state index is 0.0117. The quantitative estimate of drug-likeness (QED) is 0.745. The molecule has 2 aromatic carbocycles. The first-order valence-corrected chi connectivity index (χ1v) is 9.84. The summed E-state index contributed by atoms with van der Waals surface area (Å²) < 4.78 is 38.0. The number of hydrogen-bond acceptors (Lipinski definition) is 3. The van der Waals surface area contributed by atoms with Crippen molar-refractivity contribution < 1.29 is 22.8 Å². The molecule has 1 fully saturated rings. The third kappa shape index (κ3) is 5.11. The summed E-state index contributed by atoms with van der Waals surface area (Å²) in [5, 5.41) is 0. The average molecular weight is 419 g/mol. The molecule has 8 heteroatoms. The molecule has 0 unspecified atom stereocenters. The van der Waals surface area contributed by atoms with E-state index < -0.39 is 11.7 Å². The highest BCUT2D eigenvalue weighted by Crippen LogP contribution is 2.29. The number of para-hydroxylation sites is 1. The molecule has 160 valence electrons. The number of alkyl halides is 3. The molecule has 3 rings (SSSR count). The smallest absolute Gasteiger partial charge is 0.362 e. The highest BCUT2D eigenvalue weighted by atomic mass is 19.4. The lowest BCUT2D eigenvalue weighted by molar-refractivity contribution is -0.137. The van der Waals surface area contributed by atoms with E-state index in [1.54, 1.807) is 9.80 Å². The van der Waals surface area contributed by atoms with E-state index in [-0.39, 0.29) is 23.9 Å². The Morgan fingerprint density at radius 2 is 1.47 bits per heavy atom. The van der Waals surface area contributed by atoms with E-state index in [1.165, 1.54) is 12.1 Å². The molecule has 5 nitrogen and oxygen atoms in total. The molecule has 1 aliphatic rings. The van der Waals surface area contributed by atoms with Gasteiger partial charge in [-0.3, -0.25) is 9.59 Å². The molecule has 2 aromatic rings. The number of anilines is 1. The van der Waals surface area contributed by atoms with Gasteiger partial charge in [0.1, 0.15) is 0 Å². The largest absolute Gasteiger partial charge is 0.416 e. The van der Waals surface area contributed by atoms with Gasteiger partial charge in [-0.2, -0.15) is 13.2 Å². The van der Waals surface area contributed by atoms with Crippen LogP contribution in [0, 0.1) is 0 Å². The molecule has 1 aliphatic heterocycles. The predicted molar refractivity (Wildman–Crippen MR) is 108 cm³/mol. The summed E-state index contributed by atoms with van der Waals surface area (Å²) in [6.45, 7) is 4.44. The fraction of sp³-hybridized carbons (Fsp3) is 0.364. The van der Waals surface area contributed by atoms with E-state index in [4.69, 9.17) is 0 Å². The summed E-state index contributed by atoms with van der Waals surface area (Å²) in [6.07, 6.45) is -4.43.